The van der Waals surface area contributed by atoms with Crippen molar-refractivity contribution >= 4 is 38.1 Å². The molecule has 0 amide bonds. The maximum absolute atomic E-state index is 11.3. The van der Waals surface area contributed by atoms with Gasteiger partial charge in [0, 0.05) is 15.0 Å². The molecule has 0 aliphatic carbocycles. The second-order valence-corrected chi connectivity index (χ2v) is 7.48. The molecule has 0 bridgehead atoms. The van der Waals surface area contributed by atoms with E-state index in [1.807, 2.05) is 48.5 Å². The zero-order valence-electron chi connectivity index (χ0n) is 13.8. The van der Waals surface area contributed by atoms with Crippen LogP contribution in [0.15, 0.2) is 75.7 Å². The topological polar surface area (TPSA) is 35.5 Å². The van der Waals surface area contributed by atoms with Gasteiger partial charge >= 0.3 is 0 Å². The van der Waals surface area contributed by atoms with Gasteiger partial charge in [0.05, 0.1) is 5.56 Å². The van der Waals surface area contributed by atoms with Gasteiger partial charge in [-0.05, 0) is 47.5 Å². The normalized spacial score (nSPS) is 10.4. The fourth-order valence-corrected chi connectivity index (χ4v) is 2.84. The molecule has 132 valence electrons. The highest BCUT2D eigenvalue weighted by molar-refractivity contribution is 9.10. The molecule has 3 aromatic rings. The Morgan fingerprint density at radius 3 is 1.81 bits per heavy atom. The smallest absolute Gasteiger partial charge is 0.153 e. The van der Waals surface area contributed by atoms with Crippen molar-refractivity contribution in [1.29, 1.82) is 0 Å². The molecule has 0 aliphatic rings. The van der Waals surface area contributed by atoms with E-state index in [-0.39, 0.29) is 0 Å². The van der Waals surface area contributed by atoms with E-state index in [0.29, 0.717) is 30.3 Å². The fourth-order valence-electron chi connectivity index (χ4n) is 2.32. The molecule has 0 fully saturated rings. The Bertz CT molecular complexity index is 875. The van der Waals surface area contributed by atoms with E-state index in [0.717, 1.165) is 26.4 Å². The summed E-state index contributed by atoms with van der Waals surface area (Å²) in [7, 11) is 0. The summed E-state index contributed by atoms with van der Waals surface area (Å²) in [4.78, 5) is 11.3. The summed E-state index contributed by atoms with van der Waals surface area (Å²) in [6, 6.07) is 21.0. The molecule has 0 saturated carbocycles. The minimum absolute atomic E-state index is 0.379. The van der Waals surface area contributed by atoms with Gasteiger partial charge in [0.25, 0.3) is 0 Å². The van der Waals surface area contributed by atoms with Gasteiger partial charge in [0.1, 0.15) is 24.7 Å². The third kappa shape index (κ3) is 5.19. The number of ether oxygens (including phenoxy) is 2. The first-order valence-electron chi connectivity index (χ1n) is 7.98. The molecule has 3 aromatic carbocycles. The molecular formula is C21H16Br2O3. The van der Waals surface area contributed by atoms with Crippen LogP contribution in [-0.2, 0) is 13.2 Å². The lowest BCUT2D eigenvalue weighted by Crippen LogP contribution is -2.00. The van der Waals surface area contributed by atoms with Crippen molar-refractivity contribution in [3.63, 3.8) is 0 Å². The Morgan fingerprint density at radius 2 is 1.27 bits per heavy atom. The van der Waals surface area contributed by atoms with Crippen LogP contribution in [0, 0.1) is 0 Å². The highest BCUT2D eigenvalue weighted by Gasteiger charge is 2.07. The van der Waals surface area contributed by atoms with E-state index in [2.05, 4.69) is 31.9 Å². The molecule has 0 aromatic heterocycles. The second-order valence-electron chi connectivity index (χ2n) is 5.65. The predicted molar refractivity (Wildman–Crippen MR) is 109 cm³/mol. The molecule has 26 heavy (non-hydrogen) atoms. The zero-order chi connectivity index (χ0) is 18.4. The van der Waals surface area contributed by atoms with Crippen molar-refractivity contribution in [2.24, 2.45) is 0 Å². The van der Waals surface area contributed by atoms with E-state index in [1.165, 1.54) is 0 Å². The Labute approximate surface area is 169 Å². The van der Waals surface area contributed by atoms with Crippen LogP contribution in [0.3, 0.4) is 0 Å². The monoisotopic (exact) mass is 474 g/mol. The Morgan fingerprint density at radius 1 is 0.731 bits per heavy atom. The SMILES string of the molecule is O=Cc1ccc(OCc2ccc(Br)cc2)cc1OCc1ccc(Br)cc1. The molecule has 0 N–H and O–H groups in total. The number of hydrogen-bond acceptors (Lipinski definition) is 3. The van der Waals surface area contributed by atoms with E-state index < -0.39 is 0 Å². The molecule has 0 unspecified atom stereocenters. The predicted octanol–water partition coefficient (Wildman–Crippen LogP) is 6.18. The van der Waals surface area contributed by atoms with Crippen LogP contribution in [0.4, 0.5) is 0 Å². The Kier molecular flexibility index (Phi) is 6.47. The number of aldehydes is 1. The molecule has 0 aliphatic heterocycles. The van der Waals surface area contributed by atoms with Gasteiger partial charge in [-0.3, -0.25) is 4.79 Å². The summed E-state index contributed by atoms with van der Waals surface area (Å²) in [5.41, 5.74) is 2.58. The van der Waals surface area contributed by atoms with Gasteiger partial charge in [-0.1, -0.05) is 56.1 Å². The van der Waals surface area contributed by atoms with Crippen molar-refractivity contribution in [3.8, 4) is 11.5 Å². The lowest BCUT2D eigenvalue weighted by atomic mass is 10.2. The van der Waals surface area contributed by atoms with E-state index in [4.69, 9.17) is 9.47 Å². The van der Waals surface area contributed by atoms with Crippen LogP contribution in [0.2, 0.25) is 0 Å². The zero-order valence-corrected chi connectivity index (χ0v) is 17.0. The van der Waals surface area contributed by atoms with Crippen LogP contribution < -0.4 is 9.47 Å². The lowest BCUT2D eigenvalue weighted by Gasteiger charge is -2.12. The highest BCUT2D eigenvalue weighted by Crippen LogP contribution is 2.26. The summed E-state index contributed by atoms with van der Waals surface area (Å²) in [6.45, 7) is 0.824. The largest absolute Gasteiger partial charge is 0.489 e. The van der Waals surface area contributed by atoms with Crippen LogP contribution in [0.5, 0.6) is 11.5 Å². The Balaban J connectivity index is 1.68. The molecule has 5 heteroatoms. The van der Waals surface area contributed by atoms with Crippen LogP contribution >= 0.6 is 31.9 Å². The quantitative estimate of drug-likeness (QED) is 0.382. The molecule has 0 radical (unpaired) electrons. The number of carbonyl (C=O) groups is 1. The first-order valence-corrected chi connectivity index (χ1v) is 9.56. The van der Waals surface area contributed by atoms with E-state index in [9.17, 15) is 4.79 Å². The average Bonchev–Trinajstić information content (AvgIpc) is 2.67. The lowest BCUT2D eigenvalue weighted by molar-refractivity contribution is 0.111. The first-order chi connectivity index (χ1) is 12.6. The summed E-state index contributed by atoms with van der Waals surface area (Å²) in [5, 5.41) is 0. The molecule has 3 nitrogen and oxygen atoms in total. The molecule has 0 heterocycles. The van der Waals surface area contributed by atoms with Gasteiger partial charge in [0.2, 0.25) is 0 Å². The molecular weight excluding hydrogens is 460 g/mol. The van der Waals surface area contributed by atoms with E-state index in [1.54, 1.807) is 18.2 Å². The number of halogens is 2. The molecule has 0 spiro atoms. The summed E-state index contributed by atoms with van der Waals surface area (Å²) >= 11 is 6.82. The van der Waals surface area contributed by atoms with Crippen molar-refractivity contribution in [2.75, 3.05) is 0 Å². The minimum Gasteiger partial charge on any atom is -0.489 e. The van der Waals surface area contributed by atoms with Crippen LogP contribution in [-0.4, -0.2) is 6.29 Å². The maximum Gasteiger partial charge on any atom is 0.153 e. The first kappa shape index (κ1) is 18.7. The van der Waals surface area contributed by atoms with Gasteiger partial charge in [-0.15, -0.1) is 0 Å². The second kappa shape index (κ2) is 9.01. The third-order valence-corrected chi connectivity index (χ3v) is 4.80. The number of hydrogen-bond donors (Lipinski definition) is 0. The summed E-state index contributed by atoms with van der Waals surface area (Å²) in [6.07, 6.45) is 0.787. The van der Waals surface area contributed by atoms with Crippen molar-refractivity contribution < 1.29 is 14.3 Å². The Hall–Kier alpha value is -2.11. The highest BCUT2D eigenvalue weighted by atomic mass is 79.9. The average molecular weight is 476 g/mol. The molecule has 0 atom stereocenters. The van der Waals surface area contributed by atoms with Gasteiger partial charge in [0.15, 0.2) is 6.29 Å². The van der Waals surface area contributed by atoms with Crippen molar-refractivity contribution in [2.45, 2.75) is 13.2 Å². The number of rotatable bonds is 7. The van der Waals surface area contributed by atoms with Crippen molar-refractivity contribution in [1.82, 2.24) is 0 Å². The number of benzene rings is 3. The minimum atomic E-state index is 0.379. The van der Waals surface area contributed by atoms with Gasteiger partial charge < -0.3 is 9.47 Å². The van der Waals surface area contributed by atoms with E-state index >= 15 is 0 Å². The third-order valence-electron chi connectivity index (χ3n) is 3.74. The summed E-state index contributed by atoms with van der Waals surface area (Å²) in [5.74, 6) is 1.17. The van der Waals surface area contributed by atoms with Crippen LogP contribution in [0.25, 0.3) is 0 Å². The standard InChI is InChI=1S/C21H16Br2O3/c22-18-6-1-15(2-7-18)13-25-20-10-5-17(12-24)21(11-20)26-14-16-3-8-19(23)9-4-16/h1-12H,13-14H2. The fraction of sp³-hybridized carbons (Fsp3) is 0.0952. The maximum atomic E-state index is 11.3. The molecule has 3 rings (SSSR count). The van der Waals surface area contributed by atoms with Crippen molar-refractivity contribution in [3.05, 3.63) is 92.4 Å². The number of carbonyl (C=O) groups excluding carboxylic acids is 1. The molecule has 0 saturated heterocycles. The van der Waals surface area contributed by atoms with Crippen LogP contribution in [0.1, 0.15) is 21.5 Å². The van der Waals surface area contributed by atoms with Gasteiger partial charge in [-0.25, -0.2) is 0 Å². The van der Waals surface area contributed by atoms with Gasteiger partial charge in [-0.2, -0.15) is 0 Å². The summed E-state index contributed by atoms with van der Waals surface area (Å²) < 4.78 is 13.7.